The van der Waals surface area contributed by atoms with Crippen molar-refractivity contribution in [3.8, 4) is 17.2 Å². The number of halogens is 1. The van der Waals surface area contributed by atoms with Gasteiger partial charge in [-0.3, -0.25) is 9.89 Å². The lowest BCUT2D eigenvalue weighted by Gasteiger charge is -2.29. The molecule has 1 aliphatic heterocycles. The van der Waals surface area contributed by atoms with Crippen LogP contribution in [0.25, 0.3) is 0 Å². The van der Waals surface area contributed by atoms with Gasteiger partial charge in [-0.05, 0) is 61.7 Å². The molecule has 0 aliphatic carbocycles. The lowest BCUT2D eigenvalue weighted by atomic mass is 10.1. The number of nitrogens with one attached hydrogen (secondary N) is 2. The Kier molecular flexibility index (Phi) is 10.9. The first-order valence-corrected chi connectivity index (χ1v) is 10.8. The summed E-state index contributed by atoms with van der Waals surface area (Å²) in [6.45, 7) is 3.65. The second kappa shape index (κ2) is 13.4. The summed E-state index contributed by atoms with van der Waals surface area (Å²) in [6.07, 6.45) is 3.17. The largest absolute Gasteiger partial charge is 0.508 e. The number of nitrogens with zero attached hydrogens (tertiary/aromatic N) is 2. The molecule has 0 radical (unpaired) electrons. The average Bonchev–Trinajstić information content (AvgIpc) is 3.34. The van der Waals surface area contributed by atoms with E-state index in [2.05, 4.69) is 32.7 Å². The number of hydrogen-bond acceptors (Lipinski definition) is 5. The minimum atomic E-state index is 0. The number of ether oxygens (including phenoxy) is 2. The van der Waals surface area contributed by atoms with E-state index in [-0.39, 0.29) is 35.8 Å². The molecule has 176 valence electrons. The van der Waals surface area contributed by atoms with E-state index in [1.54, 1.807) is 27.3 Å². The van der Waals surface area contributed by atoms with Crippen molar-refractivity contribution in [2.24, 2.45) is 4.99 Å². The lowest BCUT2D eigenvalue weighted by Crippen LogP contribution is -2.43. The third-order valence-electron chi connectivity index (χ3n) is 5.75. The molecule has 3 N–H and O–H groups in total. The van der Waals surface area contributed by atoms with Gasteiger partial charge in [-0.15, -0.1) is 24.0 Å². The molecule has 0 aromatic heterocycles. The fraction of sp³-hybridized carbons (Fsp3) is 0.458. The maximum atomic E-state index is 10.1. The van der Waals surface area contributed by atoms with Crippen LogP contribution < -0.4 is 20.1 Å². The first kappa shape index (κ1) is 26.1. The van der Waals surface area contributed by atoms with E-state index in [0.29, 0.717) is 18.7 Å². The first-order chi connectivity index (χ1) is 15.1. The van der Waals surface area contributed by atoms with Crippen molar-refractivity contribution in [2.75, 3.05) is 47.4 Å². The maximum Gasteiger partial charge on any atom is 0.191 e. The zero-order valence-corrected chi connectivity index (χ0v) is 21.5. The minimum absolute atomic E-state index is 0. The van der Waals surface area contributed by atoms with Crippen molar-refractivity contribution < 1.29 is 14.6 Å². The van der Waals surface area contributed by atoms with Gasteiger partial charge in [0.05, 0.1) is 20.3 Å². The second-order valence-electron chi connectivity index (χ2n) is 7.66. The third-order valence-corrected chi connectivity index (χ3v) is 5.75. The Labute approximate surface area is 208 Å². The predicted molar refractivity (Wildman–Crippen MR) is 140 cm³/mol. The molecule has 1 atom stereocenters. The van der Waals surface area contributed by atoms with E-state index in [9.17, 15) is 5.11 Å². The van der Waals surface area contributed by atoms with Crippen LogP contribution in [0.1, 0.15) is 30.0 Å². The highest BCUT2D eigenvalue weighted by Crippen LogP contribution is 2.26. The van der Waals surface area contributed by atoms with Gasteiger partial charge in [-0.2, -0.15) is 0 Å². The van der Waals surface area contributed by atoms with Gasteiger partial charge in [0.15, 0.2) is 5.96 Å². The fourth-order valence-electron chi connectivity index (χ4n) is 3.95. The van der Waals surface area contributed by atoms with Gasteiger partial charge in [0.25, 0.3) is 0 Å². The smallest absolute Gasteiger partial charge is 0.191 e. The number of benzene rings is 2. The highest BCUT2D eigenvalue weighted by molar-refractivity contribution is 14.0. The number of guanidine groups is 1. The second-order valence-corrected chi connectivity index (χ2v) is 7.66. The van der Waals surface area contributed by atoms with Crippen LogP contribution in [0.2, 0.25) is 0 Å². The maximum absolute atomic E-state index is 10.1. The molecular weight excluding hydrogens is 519 g/mol. The molecular formula is C24H35IN4O3. The fourth-order valence-corrected chi connectivity index (χ4v) is 3.95. The summed E-state index contributed by atoms with van der Waals surface area (Å²) in [4.78, 5) is 6.89. The molecule has 2 aromatic rings. The zero-order chi connectivity index (χ0) is 22.1. The van der Waals surface area contributed by atoms with Crippen LogP contribution >= 0.6 is 24.0 Å². The highest BCUT2D eigenvalue weighted by Gasteiger charge is 2.23. The molecule has 1 fully saturated rings. The Bertz CT molecular complexity index is 855. The molecule has 1 saturated heterocycles. The van der Waals surface area contributed by atoms with Crippen molar-refractivity contribution in [3.05, 3.63) is 53.6 Å². The molecule has 0 saturated carbocycles. The van der Waals surface area contributed by atoms with Crippen LogP contribution in [-0.2, 0) is 6.42 Å². The molecule has 8 heteroatoms. The number of likely N-dealkylation sites (tertiary alicyclic amines) is 1. The summed E-state index contributed by atoms with van der Waals surface area (Å²) < 4.78 is 10.4. The van der Waals surface area contributed by atoms with Gasteiger partial charge >= 0.3 is 0 Å². The molecule has 0 bridgehead atoms. The van der Waals surface area contributed by atoms with Gasteiger partial charge < -0.3 is 25.2 Å². The van der Waals surface area contributed by atoms with Crippen molar-refractivity contribution in [1.82, 2.24) is 15.5 Å². The van der Waals surface area contributed by atoms with Crippen LogP contribution in [0.5, 0.6) is 17.2 Å². The number of rotatable bonds is 9. The summed E-state index contributed by atoms with van der Waals surface area (Å²) in [5, 5.41) is 17.0. The van der Waals surface area contributed by atoms with Gasteiger partial charge in [0.1, 0.15) is 17.2 Å². The van der Waals surface area contributed by atoms with Gasteiger partial charge in [-0.25, -0.2) is 0 Å². The summed E-state index contributed by atoms with van der Waals surface area (Å²) in [5.41, 5.74) is 2.14. The number of aliphatic imine (C=N–C) groups is 1. The molecule has 0 spiro atoms. The standard InChI is InChI=1S/C24H34N4O3.HI/c1-25-24(26-13-12-19-8-11-21(31-3)16-23(19)29)27-17-22(28-14-4-5-15-28)18-6-9-20(30-2)10-7-18;/h6-11,16,22,29H,4-5,12-15,17H2,1-3H3,(H2,25,26,27);1H. The Hall–Kier alpha value is -2.20. The quantitative estimate of drug-likeness (QED) is 0.250. The molecule has 1 unspecified atom stereocenters. The monoisotopic (exact) mass is 554 g/mol. The molecule has 3 rings (SSSR count). The SMILES string of the molecule is CN=C(NCCc1ccc(OC)cc1O)NCC(c1ccc(OC)cc1)N1CCCC1.I. The van der Waals surface area contributed by atoms with E-state index in [4.69, 9.17) is 9.47 Å². The first-order valence-electron chi connectivity index (χ1n) is 10.8. The van der Waals surface area contributed by atoms with Crippen LogP contribution in [0.15, 0.2) is 47.5 Å². The minimum Gasteiger partial charge on any atom is -0.508 e. The molecule has 32 heavy (non-hydrogen) atoms. The normalized spacial score (nSPS) is 15.0. The highest BCUT2D eigenvalue weighted by atomic mass is 127. The molecule has 0 amide bonds. The van der Waals surface area contributed by atoms with Crippen molar-refractivity contribution in [1.29, 1.82) is 0 Å². The summed E-state index contributed by atoms with van der Waals surface area (Å²) in [5.74, 6) is 2.53. The Morgan fingerprint density at radius 3 is 2.28 bits per heavy atom. The summed E-state index contributed by atoms with van der Waals surface area (Å²) in [6, 6.07) is 14.0. The number of aromatic hydroxyl groups is 1. The Morgan fingerprint density at radius 1 is 1.03 bits per heavy atom. The summed E-state index contributed by atoms with van der Waals surface area (Å²) in [7, 11) is 5.06. The van der Waals surface area contributed by atoms with Crippen molar-refractivity contribution in [3.63, 3.8) is 0 Å². The molecule has 2 aromatic carbocycles. The molecule has 1 heterocycles. The lowest BCUT2D eigenvalue weighted by molar-refractivity contribution is 0.245. The zero-order valence-electron chi connectivity index (χ0n) is 19.1. The van der Waals surface area contributed by atoms with Gasteiger partial charge in [0, 0.05) is 26.2 Å². The van der Waals surface area contributed by atoms with Gasteiger partial charge in [-0.1, -0.05) is 18.2 Å². The van der Waals surface area contributed by atoms with E-state index >= 15 is 0 Å². The van der Waals surface area contributed by atoms with E-state index in [1.807, 2.05) is 24.3 Å². The van der Waals surface area contributed by atoms with Crippen LogP contribution in [0.3, 0.4) is 0 Å². The molecule has 1 aliphatic rings. The van der Waals surface area contributed by atoms with Crippen LogP contribution in [0, 0.1) is 0 Å². The Balaban J connectivity index is 0.00000363. The summed E-state index contributed by atoms with van der Waals surface area (Å²) >= 11 is 0. The van der Waals surface area contributed by atoms with Crippen LogP contribution in [0.4, 0.5) is 0 Å². The topological polar surface area (TPSA) is 78.4 Å². The van der Waals surface area contributed by atoms with E-state index < -0.39 is 0 Å². The number of hydrogen-bond donors (Lipinski definition) is 3. The molecule has 7 nitrogen and oxygen atoms in total. The van der Waals surface area contributed by atoms with Gasteiger partial charge in [0.2, 0.25) is 0 Å². The van der Waals surface area contributed by atoms with E-state index in [0.717, 1.165) is 36.9 Å². The third kappa shape index (κ3) is 7.16. The predicted octanol–water partition coefficient (Wildman–Crippen LogP) is 3.57. The number of phenols is 1. The number of methoxy groups -OCH3 is 2. The van der Waals surface area contributed by atoms with Crippen LogP contribution in [-0.4, -0.2) is 63.4 Å². The Morgan fingerprint density at radius 2 is 1.69 bits per heavy atom. The average molecular weight is 554 g/mol. The van der Waals surface area contributed by atoms with E-state index in [1.165, 1.54) is 18.4 Å². The van der Waals surface area contributed by atoms with Crippen molar-refractivity contribution in [2.45, 2.75) is 25.3 Å². The number of phenolic OH excluding ortho intramolecular Hbond substituents is 1. The van der Waals surface area contributed by atoms with Crippen molar-refractivity contribution >= 4 is 29.9 Å².